The number of hydrogen-bond acceptors (Lipinski definition) is 11. The van der Waals surface area contributed by atoms with Crippen LogP contribution in [0.3, 0.4) is 0 Å². The average Bonchev–Trinajstić information content (AvgIpc) is 2.99. The maximum Gasteiger partial charge on any atom is 0.337 e. The van der Waals surface area contributed by atoms with Gasteiger partial charge in [0.1, 0.15) is 18.3 Å². The minimum absolute atomic E-state index is 0.0772. The van der Waals surface area contributed by atoms with Crippen molar-refractivity contribution >= 4 is 31.3 Å². The van der Waals surface area contributed by atoms with Crippen LogP contribution in [0, 0.1) is 28.1 Å². The molecule has 46 heavy (non-hydrogen) atoms. The summed E-state index contributed by atoms with van der Waals surface area (Å²) >= 11 is 0. The van der Waals surface area contributed by atoms with Gasteiger partial charge in [-0.25, -0.2) is 4.79 Å². The summed E-state index contributed by atoms with van der Waals surface area (Å²) in [4.78, 5) is 51.6. The molecule has 2 bridgehead atoms. The Morgan fingerprint density at radius 2 is 1.80 bits per heavy atom. The molecule has 1 radical (unpaired) electrons. The molecule has 11 nitrogen and oxygen atoms in total. The number of rotatable bonds is 8. The van der Waals surface area contributed by atoms with Crippen molar-refractivity contribution in [2.75, 3.05) is 6.61 Å². The second-order valence-corrected chi connectivity index (χ2v) is 14.5. The fraction of sp³-hybridized carbons (Fsp3) is 0.647. The van der Waals surface area contributed by atoms with Gasteiger partial charge >= 0.3 is 11.9 Å². The van der Waals surface area contributed by atoms with Gasteiger partial charge in [-0.3, -0.25) is 9.59 Å². The molecule has 1 aliphatic heterocycles. The van der Waals surface area contributed by atoms with E-state index >= 15 is 0 Å². The van der Waals surface area contributed by atoms with Crippen molar-refractivity contribution in [1.29, 1.82) is 0 Å². The molecule has 1 heterocycles. The van der Waals surface area contributed by atoms with E-state index in [1.54, 1.807) is 58.0 Å². The Balaban J connectivity index is 1.58. The first kappa shape index (κ1) is 34.4. The number of Topliss-reactive ketones (excluding diaryl/α,β-unsaturated/α-hetero) is 1. The minimum atomic E-state index is -1.74. The van der Waals surface area contributed by atoms with Crippen LogP contribution < -0.4 is 5.23 Å². The fourth-order valence-electron chi connectivity index (χ4n) is 9.44. The Hall–Kier alpha value is -2.90. The van der Waals surface area contributed by atoms with Gasteiger partial charge in [0, 0.05) is 30.6 Å². The van der Waals surface area contributed by atoms with E-state index in [2.05, 4.69) is 5.23 Å². The lowest BCUT2D eigenvalue weighted by atomic mass is 9.40. The average molecular weight is 639 g/mol. The number of ketones is 1. The number of benzene rings is 1. The summed E-state index contributed by atoms with van der Waals surface area (Å²) in [6.45, 7) is 12.4. The molecule has 0 amide bonds. The molecule has 5 rings (SSSR count). The zero-order valence-electron chi connectivity index (χ0n) is 27.5. The number of aliphatic hydroxyl groups is 3. The number of fused-ring (bicyclic) bond motifs is 5. The molecule has 1 saturated heterocycles. The van der Waals surface area contributed by atoms with Gasteiger partial charge in [0.05, 0.1) is 36.0 Å². The Bertz CT molecular complexity index is 1430. The predicted molar refractivity (Wildman–Crippen MR) is 167 cm³/mol. The fourth-order valence-corrected chi connectivity index (χ4v) is 9.44. The smallest absolute Gasteiger partial charge is 0.337 e. The lowest BCUT2D eigenvalue weighted by Crippen LogP contribution is -2.75. The summed E-state index contributed by atoms with van der Waals surface area (Å²) in [6.07, 6.45) is -5.05. The molecule has 3 fully saturated rings. The van der Waals surface area contributed by atoms with Crippen molar-refractivity contribution in [3.8, 4) is 0 Å². The summed E-state index contributed by atoms with van der Waals surface area (Å²) in [5, 5.41) is 38.8. The summed E-state index contributed by atoms with van der Waals surface area (Å²) in [5.41, 5.74) is -3.56. The van der Waals surface area contributed by atoms with Gasteiger partial charge in [-0.1, -0.05) is 58.0 Å². The molecule has 0 unspecified atom stereocenters. The second kappa shape index (κ2) is 12.0. The van der Waals surface area contributed by atoms with Crippen molar-refractivity contribution in [2.45, 2.75) is 103 Å². The van der Waals surface area contributed by atoms with E-state index in [9.17, 15) is 34.5 Å². The van der Waals surface area contributed by atoms with Crippen molar-refractivity contribution in [1.82, 2.24) is 5.23 Å². The van der Waals surface area contributed by atoms with Crippen LogP contribution in [-0.2, 0) is 33.4 Å². The third-order valence-electron chi connectivity index (χ3n) is 11.9. The van der Waals surface area contributed by atoms with Gasteiger partial charge in [-0.05, 0) is 42.4 Å². The van der Waals surface area contributed by atoms with Crippen LogP contribution >= 0.6 is 0 Å². The quantitative estimate of drug-likeness (QED) is 0.142. The van der Waals surface area contributed by atoms with E-state index in [0.29, 0.717) is 23.9 Å². The number of nitrogens with one attached hydrogen (secondary N) is 1. The number of carbonyl (C=O) groups is 4. The highest BCUT2D eigenvalue weighted by atomic mass is 16.6. The van der Waals surface area contributed by atoms with E-state index in [1.165, 1.54) is 6.92 Å². The zero-order valence-corrected chi connectivity index (χ0v) is 27.5. The van der Waals surface area contributed by atoms with E-state index in [0.717, 1.165) is 7.41 Å². The van der Waals surface area contributed by atoms with E-state index in [4.69, 9.17) is 14.2 Å². The molecule has 4 N–H and O–H groups in total. The monoisotopic (exact) mass is 638 g/mol. The lowest BCUT2D eigenvalue weighted by molar-refractivity contribution is -0.303. The molecule has 1 aromatic carbocycles. The topological polar surface area (TPSA) is 169 Å². The minimum Gasteiger partial charge on any atom is -0.461 e. The summed E-state index contributed by atoms with van der Waals surface area (Å²) in [5.74, 6) is -3.31. The van der Waals surface area contributed by atoms with Crippen LogP contribution in [-0.4, -0.2) is 89.4 Å². The highest BCUT2D eigenvalue weighted by molar-refractivity contribution is 6.64. The zero-order chi connectivity index (χ0) is 34.0. The van der Waals surface area contributed by atoms with Crippen LogP contribution in [0.2, 0.25) is 0 Å². The van der Waals surface area contributed by atoms with Gasteiger partial charge in [0.15, 0.2) is 11.9 Å². The van der Waals surface area contributed by atoms with Crippen LogP contribution in [0.1, 0.15) is 72.9 Å². The van der Waals surface area contributed by atoms with Gasteiger partial charge in [0.2, 0.25) is 0 Å². The third kappa shape index (κ3) is 4.99. The summed E-state index contributed by atoms with van der Waals surface area (Å²) in [7, 11) is 1.08. The van der Waals surface area contributed by atoms with E-state index in [-0.39, 0.29) is 24.5 Å². The Morgan fingerprint density at radius 1 is 1.15 bits per heavy atom. The first-order valence-electron chi connectivity index (χ1n) is 15.9. The van der Waals surface area contributed by atoms with Crippen molar-refractivity contribution in [3.05, 3.63) is 47.0 Å². The van der Waals surface area contributed by atoms with Crippen LogP contribution in [0.25, 0.3) is 0 Å². The maximum absolute atomic E-state index is 14.6. The molecule has 0 aromatic heterocycles. The van der Waals surface area contributed by atoms with E-state index in [1.807, 2.05) is 13.8 Å². The van der Waals surface area contributed by atoms with Crippen molar-refractivity contribution < 1.29 is 48.7 Å². The van der Waals surface area contributed by atoms with Crippen LogP contribution in [0.4, 0.5) is 0 Å². The Kier molecular flexibility index (Phi) is 8.96. The SMILES string of the molecule is CC(=O)O[C@H]1C[C@H]2OC[C@@]2(C)[C@H]2[C@H](C)[C@]3(O)C[C@H](OC(=O)[C@H](O)[C@@H](N[B]C=O)c4ccccc4)C(C)=C([C@@H](O)C(=O)[C@]12C)C3(C)C. The Morgan fingerprint density at radius 3 is 2.37 bits per heavy atom. The molecule has 3 aliphatic carbocycles. The predicted octanol–water partition coefficient (Wildman–Crippen LogP) is 1.82. The van der Waals surface area contributed by atoms with Gasteiger partial charge < -0.3 is 39.6 Å². The molecular weight excluding hydrogens is 593 g/mol. The van der Waals surface area contributed by atoms with Crippen LogP contribution in [0.15, 0.2) is 41.5 Å². The summed E-state index contributed by atoms with van der Waals surface area (Å²) in [6, 6.07) is 7.60. The summed E-state index contributed by atoms with van der Waals surface area (Å²) < 4.78 is 17.6. The largest absolute Gasteiger partial charge is 0.461 e. The first-order valence-corrected chi connectivity index (χ1v) is 15.9. The molecule has 4 aliphatic rings. The number of carbonyl (C=O) groups excluding carboxylic acids is 4. The highest BCUT2D eigenvalue weighted by Crippen LogP contribution is 2.67. The molecule has 249 valence electrons. The van der Waals surface area contributed by atoms with Crippen LogP contribution in [0.5, 0.6) is 0 Å². The highest BCUT2D eigenvalue weighted by Gasteiger charge is 2.73. The standard InChI is InChI=1S/C34H45BNO10/c1-17-21(46-30(42)27(40)25(36-35-16-37)20-11-9-8-10-12-20)14-34(43)18(2)28-32(6)15-44-22(32)13-23(45-19(3)38)33(28,7)29(41)26(39)24(17)31(34,4)5/h8-12,16,18,21-23,25-28,36,39-40,43H,13-15H2,1-7H3/t18-,21-,22+,23-,25-,26+,27+,28+,32+,33+,34+/m0/s1. The molecule has 0 spiro atoms. The number of hydrogen-bond donors (Lipinski definition) is 4. The molecule has 2 saturated carbocycles. The Labute approximate surface area is 270 Å². The van der Waals surface area contributed by atoms with Gasteiger partial charge in [0.25, 0.3) is 7.41 Å². The lowest BCUT2D eigenvalue weighted by Gasteiger charge is -2.68. The normalized spacial score (nSPS) is 39.3. The molecule has 12 heteroatoms. The van der Waals surface area contributed by atoms with Gasteiger partial charge in [-0.2, -0.15) is 0 Å². The number of esters is 2. The molecular formula is C34H45BNO10. The van der Waals surface area contributed by atoms with Crippen molar-refractivity contribution in [3.63, 3.8) is 0 Å². The number of aliphatic hydroxyl groups excluding tert-OH is 2. The third-order valence-corrected chi connectivity index (χ3v) is 11.9. The second-order valence-electron chi connectivity index (χ2n) is 14.5. The maximum atomic E-state index is 14.6. The van der Waals surface area contributed by atoms with Gasteiger partial charge in [-0.15, -0.1) is 0 Å². The van der Waals surface area contributed by atoms with E-state index < -0.39 is 81.9 Å². The number of ether oxygens (including phenoxy) is 3. The molecule has 11 atom stereocenters. The molecule has 1 aromatic rings. The first-order chi connectivity index (χ1) is 21.5. The van der Waals surface area contributed by atoms with Crippen molar-refractivity contribution in [2.24, 2.45) is 28.1 Å².